The fourth-order valence-corrected chi connectivity index (χ4v) is 4.07. The second kappa shape index (κ2) is 7.85. The first-order valence-corrected chi connectivity index (χ1v) is 9.75. The van der Waals surface area contributed by atoms with Crippen LogP contribution in [0.2, 0.25) is 0 Å². The minimum absolute atomic E-state index is 0.869. The Morgan fingerprint density at radius 3 is 2.69 bits per heavy atom. The summed E-state index contributed by atoms with van der Waals surface area (Å²) in [6, 6.07) is 18.8. The molecular weight excluding hydrogens is 340 g/mol. The van der Waals surface area contributed by atoms with Gasteiger partial charge in [-0.05, 0) is 29.7 Å². The van der Waals surface area contributed by atoms with E-state index >= 15 is 0 Å². The molecule has 0 saturated carbocycles. The van der Waals surface area contributed by atoms with Crippen molar-refractivity contribution in [3.63, 3.8) is 0 Å². The molecule has 0 fully saturated rings. The van der Waals surface area contributed by atoms with E-state index in [-0.39, 0.29) is 0 Å². The van der Waals surface area contributed by atoms with Crippen LogP contribution in [0.3, 0.4) is 0 Å². The first kappa shape index (κ1) is 17.0. The molecule has 1 aromatic heterocycles. The molecule has 4 heteroatoms. The summed E-state index contributed by atoms with van der Waals surface area (Å²) >= 11 is 1.70. The first-order valence-electron chi connectivity index (χ1n) is 8.87. The van der Waals surface area contributed by atoms with Crippen molar-refractivity contribution < 1.29 is 4.74 Å². The van der Waals surface area contributed by atoms with Gasteiger partial charge in [0.05, 0.1) is 12.8 Å². The van der Waals surface area contributed by atoms with Crippen LogP contribution in [-0.4, -0.2) is 30.1 Å². The summed E-state index contributed by atoms with van der Waals surface area (Å²) in [5.74, 6) is 0.869. The minimum Gasteiger partial charge on any atom is -0.497 e. The van der Waals surface area contributed by atoms with E-state index < -0.39 is 0 Å². The number of ether oxygens (including phenoxy) is 1. The Labute approximate surface area is 158 Å². The summed E-state index contributed by atoms with van der Waals surface area (Å²) in [5.41, 5.74) is 5.06. The molecule has 0 unspecified atom stereocenters. The predicted octanol–water partition coefficient (Wildman–Crippen LogP) is 5.11. The molecule has 0 atom stereocenters. The predicted molar refractivity (Wildman–Crippen MR) is 108 cm³/mol. The van der Waals surface area contributed by atoms with Crippen LogP contribution < -0.4 is 4.74 Å². The number of aromatic nitrogens is 1. The van der Waals surface area contributed by atoms with Crippen molar-refractivity contribution in [1.29, 1.82) is 0 Å². The molecule has 132 valence electrons. The smallest absolute Gasteiger partial charge is 0.123 e. The van der Waals surface area contributed by atoms with Crippen molar-refractivity contribution in [2.24, 2.45) is 0 Å². The molecule has 0 bridgehead atoms. The standard InChI is InChI=1S/C22H22N2OS/c1-25-21-9-5-8-19(14-21)22-23-20(16-26-22)15-24-12-10-18(11-13-24)17-6-3-2-4-7-17/h2-10,14,16H,11-13,15H2,1H3. The molecule has 1 aliphatic heterocycles. The van der Waals surface area contributed by atoms with E-state index in [1.807, 2.05) is 18.2 Å². The molecular formula is C22H22N2OS. The number of thiazole rings is 1. The van der Waals surface area contributed by atoms with E-state index in [1.165, 1.54) is 11.1 Å². The second-order valence-corrected chi connectivity index (χ2v) is 7.31. The van der Waals surface area contributed by atoms with Gasteiger partial charge in [0.1, 0.15) is 10.8 Å². The summed E-state index contributed by atoms with van der Waals surface area (Å²) in [4.78, 5) is 7.28. The van der Waals surface area contributed by atoms with Crippen molar-refractivity contribution in [3.05, 3.63) is 77.3 Å². The zero-order valence-corrected chi connectivity index (χ0v) is 15.7. The third-order valence-electron chi connectivity index (χ3n) is 4.69. The lowest BCUT2D eigenvalue weighted by Crippen LogP contribution is -2.28. The fourth-order valence-electron chi connectivity index (χ4n) is 3.27. The molecule has 3 aromatic rings. The number of hydrogen-bond donors (Lipinski definition) is 0. The Balaban J connectivity index is 1.41. The van der Waals surface area contributed by atoms with Crippen LogP contribution in [0.25, 0.3) is 16.1 Å². The van der Waals surface area contributed by atoms with Crippen LogP contribution in [0.4, 0.5) is 0 Å². The maximum Gasteiger partial charge on any atom is 0.123 e. The molecule has 4 rings (SSSR count). The Morgan fingerprint density at radius 2 is 1.92 bits per heavy atom. The van der Waals surface area contributed by atoms with Gasteiger partial charge >= 0.3 is 0 Å². The van der Waals surface area contributed by atoms with Crippen LogP contribution in [0.1, 0.15) is 17.7 Å². The van der Waals surface area contributed by atoms with Gasteiger partial charge in [0.15, 0.2) is 0 Å². The van der Waals surface area contributed by atoms with Gasteiger partial charge in [0.2, 0.25) is 0 Å². The minimum atomic E-state index is 0.869. The summed E-state index contributed by atoms with van der Waals surface area (Å²) in [7, 11) is 1.69. The van der Waals surface area contributed by atoms with E-state index in [1.54, 1.807) is 18.4 Å². The van der Waals surface area contributed by atoms with E-state index in [0.29, 0.717) is 0 Å². The largest absolute Gasteiger partial charge is 0.497 e. The summed E-state index contributed by atoms with van der Waals surface area (Å²) < 4.78 is 5.31. The van der Waals surface area contributed by atoms with Crippen LogP contribution in [-0.2, 0) is 6.54 Å². The van der Waals surface area contributed by atoms with E-state index in [2.05, 4.69) is 52.8 Å². The summed E-state index contributed by atoms with van der Waals surface area (Å²) in [6.07, 6.45) is 3.45. The lowest BCUT2D eigenvalue weighted by atomic mass is 9.99. The van der Waals surface area contributed by atoms with Crippen molar-refractivity contribution in [2.75, 3.05) is 20.2 Å². The van der Waals surface area contributed by atoms with Crippen molar-refractivity contribution in [3.8, 4) is 16.3 Å². The van der Waals surface area contributed by atoms with Crippen molar-refractivity contribution in [2.45, 2.75) is 13.0 Å². The van der Waals surface area contributed by atoms with Crippen LogP contribution >= 0.6 is 11.3 Å². The van der Waals surface area contributed by atoms with Crippen LogP contribution in [0.5, 0.6) is 5.75 Å². The zero-order chi connectivity index (χ0) is 17.8. The summed E-state index contributed by atoms with van der Waals surface area (Å²) in [5, 5.41) is 3.22. The SMILES string of the molecule is COc1cccc(-c2nc(CN3CC=C(c4ccccc4)CC3)cs2)c1. The second-order valence-electron chi connectivity index (χ2n) is 6.46. The van der Waals surface area contributed by atoms with Gasteiger partial charge in [-0.25, -0.2) is 4.98 Å². The third-order valence-corrected chi connectivity index (χ3v) is 5.63. The molecule has 2 heterocycles. The van der Waals surface area contributed by atoms with E-state index in [9.17, 15) is 0 Å². The third kappa shape index (κ3) is 3.87. The highest BCUT2D eigenvalue weighted by atomic mass is 32.1. The Kier molecular flexibility index (Phi) is 5.14. The summed E-state index contributed by atoms with van der Waals surface area (Å²) in [6.45, 7) is 2.96. The van der Waals surface area contributed by atoms with Crippen LogP contribution in [0, 0.1) is 0 Å². The van der Waals surface area contributed by atoms with Gasteiger partial charge in [-0.15, -0.1) is 11.3 Å². The number of hydrogen-bond acceptors (Lipinski definition) is 4. The van der Waals surface area contributed by atoms with Crippen LogP contribution in [0.15, 0.2) is 66.1 Å². The lowest BCUT2D eigenvalue weighted by Gasteiger charge is -2.25. The monoisotopic (exact) mass is 362 g/mol. The normalized spacial score (nSPS) is 14.9. The molecule has 1 aliphatic rings. The molecule has 0 radical (unpaired) electrons. The van der Waals surface area contributed by atoms with Gasteiger partial charge in [0.25, 0.3) is 0 Å². The Bertz CT molecular complexity index is 901. The van der Waals surface area contributed by atoms with Gasteiger partial charge in [0, 0.05) is 30.6 Å². The van der Waals surface area contributed by atoms with Gasteiger partial charge in [-0.3, -0.25) is 4.90 Å². The van der Waals surface area contributed by atoms with Gasteiger partial charge < -0.3 is 4.74 Å². The molecule has 0 N–H and O–H groups in total. The maximum absolute atomic E-state index is 5.31. The fraction of sp³-hybridized carbons (Fsp3) is 0.227. The molecule has 0 saturated heterocycles. The number of benzene rings is 2. The topological polar surface area (TPSA) is 25.4 Å². The van der Waals surface area contributed by atoms with Crippen molar-refractivity contribution >= 4 is 16.9 Å². The Hall–Kier alpha value is -2.43. The average molecular weight is 362 g/mol. The number of methoxy groups -OCH3 is 1. The molecule has 0 amide bonds. The Morgan fingerprint density at radius 1 is 1.08 bits per heavy atom. The highest BCUT2D eigenvalue weighted by Gasteiger charge is 2.15. The lowest BCUT2D eigenvalue weighted by molar-refractivity contribution is 0.291. The molecule has 3 nitrogen and oxygen atoms in total. The highest BCUT2D eigenvalue weighted by Crippen LogP contribution is 2.28. The number of rotatable bonds is 5. The van der Waals surface area contributed by atoms with Crippen molar-refractivity contribution in [1.82, 2.24) is 9.88 Å². The first-order chi connectivity index (χ1) is 12.8. The molecule has 0 spiro atoms. The maximum atomic E-state index is 5.31. The number of nitrogens with zero attached hydrogens (tertiary/aromatic N) is 2. The quantitative estimate of drug-likeness (QED) is 0.631. The van der Waals surface area contributed by atoms with Gasteiger partial charge in [-0.1, -0.05) is 48.5 Å². The highest BCUT2D eigenvalue weighted by molar-refractivity contribution is 7.13. The molecule has 2 aromatic carbocycles. The van der Waals surface area contributed by atoms with E-state index in [4.69, 9.17) is 9.72 Å². The van der Waals surface area contributed by atoms with Gasteiger partial charge in [-0.2, -0.15) is 0 Å². The van der Waals surface area contributed by atoms with E-state index in [0.717, 1.165) is 48.1 Å². The molecule has 0 aliphatic carbocycles. The average Bonchev–Trinajstić information content (AvgIpc) is 3.18. The zero-order valence-electron chi connectivity index (χ0n) is 14.9. The molecule has 26 heavy (non-hydrogen) atoms.